The van der Waals surface area contributed by atoms with E-state index in [-0.39, 0.29) is 6.04 Å². The van der Waals surface area contributed by atoms with E-state index in [1.54, 1.807) is 0 Å². The molecule has 2 heterocycles. The van der Waals surface area contributed by atoms with Crippen LogP contribution in [0, 0.1) is 0 Å². The van der Waals surface area contributed by atoms with Crippen molar-refractivity contribution in [2.24, 2.45) is 5.73 Å². The standard InChI is InChI=1S/C13H21N3S/c1-3-12-9-16(6-7-17-12)13-8-11(10(2)14)4-5-15-13/h4-5,8,10,12H,3,6-7,9,14H2,1-2H3/t10-,12?/m0/s1. The molecule has 0 spiro atoms. The molecule has 4 heteroatoms. The van der Waals surface area contributed by atoms with Crippen molar-refractivity contribution >= 4 is 17.6 Å². The Morgan fingerprint density at radius 2 is 2.47 bits per heavy atom. The van der Waals surface area contributed by atoms with Gasteiger partial charge in [-0.3, -0.25) is 0 Å². The van der Waals surface area contributed by atoms with E-state index in [0.717, 1.165) is 24.2 Å². The fourth-order valence-electron chi connectivity index (χ4n) is 2.06. The lowest BCUT2D eigenvalue weighted by atomic mass is 10.1. The summed E-state index contributed by atoms with van der Waals surface area (Å²) in [6.45, 7) is 6.47. The maximum absolute atomic E-state index is 5.92. The molecule has 17 heavy (non-hydrogen) atoms. The molecule has 1 unspecified atom stereocenters. The fraction of sp³-hybridized carbons (Fsp3) is 0.615. The van der Waals surface area contributed by atoms with Crippen LogP contribution in [-0.2, 0) is 0 Å². The van der Waals surface area contributed by atoms with Crippen LogP contribution >= 0.6 is 11.8 Å². The van der Waals surface area contributed by atoms with Crippen molar-refractivity contribution in [2.45, 2.75) is 31.6 Å². The quantitative estimate of drug-likeness (QED) is 0.896. The van der Waals surface area contributed by atoms with E-state index in [2.05, 4.69) is 34.6 Å². The van der Waals surface area contributed by atoms with Crippen LogP contribution in [-0.4, -0.2) is 29.1 Å². The normalized spacial score (nSPS) is 22.5. The number of rotatable bonds is 3. The highest BCUT2D eigenvalue weighted by molar-refractivity contribution is 8.00. The van der Waals surface area contributed by atoms with Gasteiger partial charge >= 0.3 is 0 Å². The largest absolute Gasteiger partial charge is 0.355 e. The molecule has 0 saturated carbocycles. The molecule has 2 rings (SSSR count). The predicted molar refractivity (Wildman–Crippen MR) is 75.6 cm³/mol. The number of aromatic nitrogens is 1. The van der Waals surface area contributed by atoms with Crippen molar-refractivity contribution in [1.29, 1.82) is 0 Å². The van der Waals surface area contributed by atoms with Crippen LogP contribution in [0.4, 0.5) is 5.82 Å². The predicted octanol–water partition coefficient (Wildman–Crippen LogP) is 2.43. The van der Waals surface area contributed by atoms with E-state index in [9.17, 15) is 0 Å². The van der Waals surface area contributed by atoms with Crippen molar-refractivity contribution in [3.05, 3.63) is 23.9 Å². The second kappa shape index (κ2) is 5.74. The Kier molecular flexibility index (Phi) is 4.29. The zero-order valence-electron chi connectivity index (χ0n) is 10.6. The van der Waals surface area contributed by atoms with Crippen LogP contribution in [0.2, 0.25) is 0 Å². The Balaban J connectivity index is 2.13. The molecule has 0 radical (unpaired) electrons. The van der Waals surface area contributed by atoms with E-state index in [0.29, 0.717) is 0 Å². The van der Waals surface area contributed by atoms with Crippen LogP contribution in [0.15, 0.2) is 18.3 Å². The molecule has 2 atom stereocenters. The lowest BCUT2D eigenvalue weighted by Gasteiger charge is -2.33. The van der Waals surface area contributed by atoms with Crippen LogP contribution in [0.25, 0.3) is 0 Å². The molecule has 0 aromatic carbocycles. The summed E-state index contributed by atoms with van der Waals surface area (Å²) in [6, 6.07) is 4.22. The molecule has 1 fully saturated rings. The third-order valence-corrected chi connectivity index (χ3v) is 4.59. The monoisotopic (exact) mass is 251 g/mol. The van der Waals surface area contributed by atoms with Gasteiger partial charge in [0.1, 0.15) is 5.82 Å². The number of hydrogen-bond acceptors (Lipinski definition) is 4. The molecule has 0 amide bonds. The number of anilines is 1. The topological polar surface area (TPSA) is 42.1 Å². The molecule has 1 aliphatic rings. The summed E-state index contributed by atoms with van der Waals surface area (Å²) >= 11 is 2.08. The first-order valence-corrected chi connectivity index (χ1v) is 7.33. The molecule has 3 nitrogen and oxygen atoms in total. The molecule has 1 aliphatic heterocycles. The molecule has 0 bridgehead atoms. The van der Waals surface area contributed by atoms with Crippen molar-refractivity contribution in [3.63, 3.8) is 0 Å². The second-order valence-corrected chi connectivity index (χ2v) is 5.99. The van der Waals surface area contributed by atoms with Gasteiger partial charge in [0.2, 0.25) is 0 Å². The van der Waals surface area contributed by atoms with E-state index in [4.69, 9.17) is 5.73 Å². The average Bonchev–Trinajstić information content (AvgIpc) is 2.39. The Morgan fingerprint density at radius 3 is 3.18 bits per heavy atom. The van der Waals surface area contributed by atoms with Gasteiger partial charge in [0.15, 0.2) is 0 Å². The van der Waals surface area contributed by atoms with Crippen LogP contribution in [0.5, 0.6) is 0 Å². The van der Waals surface area contributed by atoms with Gasteiger partial charge in [-0.15, -0.1) is 0 Å². The smallest absolute Gasteiger partial charge is 0.128 e. The van der Waals surface area contributed by atoms with Crippen molar-refractivity contribution < 1.29 is 0 Å². The summed E-state index contributed by atoms with van der Waals surface area (Å²) in [4.78, 5) is 6.86. The van der Waals surface area contributed by atoms with Gasteiger partial charge in [-0.05, 0) is 31.0 Å². The summed E-state index contributed by atoms with van der Waals surface area (Å²) in [5, 5.41) is 0.740. The zero-order chi connectivity index (χ0) is 12.3. The maximum Gasteiger partial charge on any atom is 0.128 e. The first-order chi connectivity index (χ1) is 8.20. The molecule has 2 N–H and O–H groups in total. The SMILES string of the molecule is CCC1CN(c2cc([C@H](C)N)ccn2)CCS1. The molecule has 1 saturated heterocycles. The van der Waals surface area contributed by atoms with Gasteiger partial charge in [0, 0.05) is 36.3 Å². The van der Waals surface area contributed by atoms with Crippen LogP contribution < -0.4 is 10.6 Å². The van der Waals surface area contributed by atoms with Gasteiger partial charge in [0.25, 0.3) is 0 Å². The summed E-state index contributed by atoms with van der Waals surface area (Å²) in [5.41, 5.74) is 7.08. The average molecular weight is 251 g/mol. The number of pyridine rings is 1. The Bertz CT molecular complexity index is 367. The van der Waals surface area contributed by atoms with Gasteiger partial charge in [-0.1, -0.05) is 6.92 Å². The van der Waals surface area contributed by atoms with Gasteiger partial charge in [0.05, 0.1) is 0 Å². The third-order valence-electron chi connectivity index (χ3n) is 3.21. The highest BCUT2D eigenvalue weighted by Gasteiger charge is 2.20. The van der Waals surface area contributed by atoms with E-state index < -0.39 is 0 Å². The first-order valence-electron chi connectivity index (χ1n) is 6.28. The molecule has 1 aromatic rings. The minimum atomic E-state index is 0.0814. The Hall–Kier alpha value is -0.740. The van der Waals surface area contributed by atoms with Gasteiger partial charge < -0.3 is 10.6 Å². The van der Waals surface area contributed by atoms with Crippen molar-refractivity contribution in [3.8, 4) is 0 Å². The third kappa shape index (κ3) is 3.13. The molecule has 94 valence electrons. The molecule has 0 aliphatic carbocycles. The zero-order valence-corrected chi connectivity index (χ0v) is 11.4. The van der Waals surface area contributed by atoms with Crippen LogP contribution in [0.1, 0.15) is 31.9 Å². The number of thioether (sulfide) groups is 1. The number of hydrogen-bond donors (Lipinski definition) is 1. The summed E-state index contributed by atoms with van der Waals surface area (Å²) < 4.78 is 0. The second-order valence-electron chi connectivity index (χ2n) is 4.58. The van der Waals surface area contributed by atoms with Gasteiger partial charge in [-0.2, -0.15) is 11.8 Å². The lowest BCUT2D eigenvalue weighted by Crippen LogP contribution is -2.38. The Labute approximate surface area is 108 Å². The molecular formula is C13H21N3S. The number of nitrogens with two attached hydrogens (primary N) is 1. The molecular weight excluding hydrogens is 230 g/mol. The maximum atomic E-state index is 5.92. The van der Waals surface area contributed by atoms with E-state index in [1.165, 1.54) is 17.7 Å². The molecule has 1 aromatic heterocycles. The first kappa shape index (κ1) is 12.7. The number of nitrogens with zero attached hydrogens (tertiary/aromatic N) is 2. The lowest BCUT2D eigenvalue weighted by molar-refractivity contribution is 0.717. The van der Waals surface area contributed by atoms with Crippen molar-refractivity contribution in [1.82, 2.24) is 4.98 Å². The van der Waals surface area contributed by atoms with Crippen LogP contribution in [0.3, 0.4) is 0 Å². The van der Waals surface area contributed by atoms with E-state index in [1.807, 2.05) is 19.2 Å². The van der Waals surface area contributed by atoms with Crippen molar-refractivity contribution in [2.75, 3.05) is 23.7 Å². The summed E-state index contributed by atoms with van der Waals surface area (Å²) in [7, 11) is 0. The summed E-state index contributed by atoms with van der Waals surface area (Å²) in [5.74, 6) is 2.28. The minimum absolute atomic E-state index is 0.0814. The Morgan fingerprint density at radius 1 is 1.65 bits per heavy atom. The van der Waals surface area contributed by atoms with Gasteiger partial charge in [-0.25, -0.2) is 4.98 Å². The highest BCUT2D eigenvalue weighted by Crippen LogP contribution is 2.25. The fourth-order valence-corrected chi connectivity index (χ4v) is 3.24. The van der Waals surface area contributed by atoms with E-state index >= 15 is 0 Å². The minimum Gasteiger partial charge on any atom is -0.355 e. The highest BCUT2D eigenvalue weighted by atomic mass is 32.2. The summed E-state index contributed by atoms with van der Waals surface area (Å²) in [6.07, 6.45) is 3.10.